The van der Waals surface area contributed by atoms with E-state index in [1.807, 2.05) is 0 Å². The number of hydrogen-bond donors (Lipinski definition) is 1. The first-order chi connectivity index (χ1) is 13.1. The van der Waals surface area contributed by atoms with Gasteiger partial charge in [0.2, 0.25) is 11.7 Å². The highest BCUT2D eigenvalue weighted by molar-refractivity contribution is 6.30. The van der Waals surface area contributed by atoms with E-state index in [0.29, 0.717) is 10.8 Å². The van der Waals surface area contributed by atoms with Crippen molar-refractivity contribution in [3.05, 3.63) is 58.9 Å². The molecular weight excluding hydrogens is 389 g/mol. The van der Waals surface area contributed by atoms with Crippen molar-refractivity contribution in [3.63, 3.8) is 0 Å². The molecule has 0 fully saturated rings. The van der Waals surface area contributed by atoms with Gasteiger partial charge in [0.15, 0.2) is 12.2 Å². The number of carbonyl (C=O) groups excluding carboxylic acids is 3. The third-order valence-corrected chi connectivity index (χ3v) is 3.85. The van der Waals surface area contributed by atoms with Gasteiger partial charge in [-0.15, -0.1) is 0 Å². The fourth-order valence-corrected chi connectivity index (χ4v) is 2.37. The lowest BCUT2D eigenvalue weighted by molar-refractivity contribution is -0.158. The fourth-order valence-electron chi connectivity index (χ4n) is 2.24. The number of rotatable bonds is 7. The lowest BCUT2D eigenvalue weighted by Gasteiger charge is -2.24. The summed E-state index contributed by atoms with van der Waals surface area (Å²) < 4.78 is 24.6. The Bertz CT molecular complexity index is 896. The van der Waals surface area contributed by atoms with Gasteiger partial charge < -0.3 is 14.8 Å². The van der Waals surface area contributed by atoms with Crippen LogP contribution in [0, 0.1) is 5.82 Å². The summed E-state index contributed by atoms with van der Waals surface area (Å²) >= 11 is 5.80. The summed E-state index contributed by atoms with van der Waals surface area (Å²) in [6.07, 6.45) is 0. The van der Waals surface area contributed by atoms with Crippen LogP contribution in [0.3, 0.4) is 0 Å². The van der Waals surface area contributed by atoms with Crippen LogP contribution in [0.5, 0.6) is 5.75 Å². The quantitative estimate of drug-likeness (QED) is 0.553. The highest BCUT2D eigenvalue weighted by atomic mass is 35.5. The van der Waals surface area contributed by atoms with Gasteiger partial charge in [0.1, 0.15) is 11.6 Å². The number of ketones is 1. The SMILES string of the molecule is CC(=O)Nc1ccc(C(=O)COC(=O)C(C)(C)Oc2ccc(Cl)cc2)c(F)c1. The summed E-state index contributed by atoms with van der Waals surface area (Å²) in [5, 5.41) is 2.93. The molecule has 6 nitrogen and oxygen atoms in total. The fraction of sp³-hybridized carbons (Fsp3) is 0.250. The van der Waals surface area contributed by atoms with E-state index in [0.717, 1.165) is 6.07 Å². The smallest absolute Gasteiger partial charge is 0.350 e. The number of nitrogens with one attached hydrogen (secondary N) is 1. The van der Waals surface area contributed by atoms with Crippen LogP contribution in [0.2, 0.25) is 5.02 Å². The molecule has 0 saturated carbocycles. The number of hydrogen-bond acceptors (Lipinski definition) is 5. The summed E-state index contributed by atoms with van der Waals surface area (Å²) in [6, 6.07) is 10.0. The van der Waals surface area contributed by atoms with E-state index < -0.39 is 29.8 Å². The Morgan fingerprint density at radius 3 is 2.32 bits per heavy atom. The minimum absolute atomic E-state index is 0.219. The molecule has 1 amide bonds. The van der Waals surface area contributed by atoms with Crippen LogP contribution in [-0.2, 0) is 14.3 Å². The summed E-state index contributed by atoms with van der Waals surface area (Å²) in [4.78, 5) is 35.4. The second kappa shape index (κ2) is 8.84. The molecule has 2 aromatic carbocycles. The predicted molar refractivity (Wildman–Crippen MR) is 102 cm³/mol. The molecule has 2 rings (SSSR count). The monoisotopic (exact) mass is 407 g/mol. The van der Waals surface area contributed by atoms with Crippen molar-refractivity contribution in [2.75, 3.05) is 11.9 Å². The van der Waals surface area contributed by atoms with Gasteiger partial charge >= 0.3 is 5.97 Å². The lowest BCUT2D eigenvalue weighted by atomic mass is 10.1. The molecule has 8 heteroatoms. The van der Waals surface area contributed by atoms with Crippen LogP contribution >= 0.6 is 11.6 Å². The molecule has 0 spiro atoms. The molecule has 0 aliphatic carbocycles. The van der Waals surface area contributed by atoms with Crippen molar-refractivity contribution in [1.82, 2.24) is 0 Å². The molecule has 0 heterocycles. The average molecular weight is 408 g/mol. The van der Waals surface area contributed by atoms with Crippen molar-refractivity contribution in [2.45, 2.75) is 26.4 Å². The van der Waals surface area contributed by atoms with Crippen LogP contribution < -0.4 is 10.1 Å². The first kappa shape index (κ1) is 21.4. The van der Waals surface area contributed by atoms with Crippen LogP contribution in [0.15, 0.2) is 42.5 Å². The molecule has 0 unspecified atom stereocenters. The Labute approximate surface area is 166 Å². The molecule has 0 bridgehead atoms. The van der Waals surface area contributed by atoms with Gasteiger partial charge in [-0.25, -0.2) is 9.18 Å². The Morgan fingerprint density at radius 1 is 1.11 bits per heavy atom. The summed E-state index contributed by atoms with van der Waals surface area (Å²) in [6.45, 7) is 3.60. The molecule has 0 radical (unpaired) electrons. The predicted octanol–water partition coefficient (Wildman–Crippen LogP) is 4.02. The number of Topliss-reactive ketones (excluding diaryl/α,β-unsaturated/α-hetero) is 1. The number of benzene rings is 2. The Balaban J connectivity index is 1.98. The van der Waals surface area contributed by atoms with E-state index in [9.17, 15) is 18.8 Å². The first-order valence-corrected chi connectivity index (χ1v) is 8.68. The Morgan fingerprint density at radius 2 is 1.75 bits per heavy atom. The second-order valence-electron chi connectivity index (χ2n) is 6.44. The molecule has 0 aliphatic heterocycles. The molecule has 2 aromatic rings. The van der Waals surface area contributed by atoms with E-state index >= 15 is 0 Å². The van der Waals surface area contributed by atoms with Gasteiger partial charge in [0.05, 0.1) is 5.56 Å². The topological polar surface area (TPSA) is 81.7 Å². The molecule has 0 aliphatic rings. The largest absolute Gasteiger partial charge is 0.476 e. The van der Waals surface area contributed by atoms with Crippen LogP contribution in [-0.4, -0.2) is 29.9 Å². The van der Waals surface area contributed by atoms with Gasteiger partial charge in [0.25, 0.3) is 0 Å². The van der Waals surface area contributed by atoms with Gasteiger partial charge in [-0.05, 0) is 56.3 Å². The minimum Gasteiger partial charge on any atom is -0.476 e. The van der Waals surface area contributed by atoms with E-state index in [1.54, 1.807) is 24.3 Å². The number of ether oxygens (including phenoxy) is 2. The molecule has 0 aromatic heterocycles. The van der Waals surface area contributed by atoms with Crippen molar-refractivity contribution >= 4 is 34.9 Å². The molecule has 0 atom stereocenters. The van der Waals surface area contributed by atoms with Crippen molar-refractivity contribution in [3.8, 4) is 5.75 Å². The third kappa shape index (κ3) is 5.79. The standard InChI is InChI=1S/C20H19ClFNO5/c1-12(24)23-14-6-9-16(17(22)10-14)18(25)11-27-19(26)20(2,3)28-15-7-4-13(21)5-8-15/h4-10H,11H2,1-3H3,(H,23,24). The summed E-state index contributed by atoms with van der Waals surface area (Å²) in [5.74, 6) is -2.30. The first-order valence-electron chi connectivity index (χ1n) is 8.30. The zero-order chi connectivity index (χ0) is 20.9. The molecule has 28 heavy (non-hydrogen) atoms. The van der Waals surface area contributed by atoms with Crippen LogP contribution in [0.25, 0.3) is 0 Å². The molecule has 148 valence electrons. The zero-order valence-corrected chi connectivity index (χ0v) is 16.3. The maximum atomic E-state index is 14.1. The number of halogens is 2. The normalized spacial score (nSPS) is 10.9. The minimum atomic E-state index is -1.37. The van der Waals surface area contributed by atoms with Crippen molar-refractivity contribution < 1.29 is 28.2 Å². The Kier molecular flexibility index (Phi) is 6.75. The van der Waals surface area contributed by atoms with Crippen LogP contribution in [0.4, 0.5) is 10.1 Å². The van der Waals surface area contributed by atoms with Gasteiger partial charge in [-0.1, -0.05) is 11.6 Å². The van der Waals surface area contributed by atoms with Gasteiger partial charge in [-0.3, -0.25) is 9.59 Å². The zero-order valence-electron chi connectivity index (χ0n) is 15.5. The lowest BCUT2D eigenvalue weighted by Crippen LogP contribution is -2.40. The van der Waals surface area contributed by atoms with Crippen LogP contribution in [0.1, 0.15) is 31.1 Å². The average Bonchev–Trinajstić information content (AvgIpc) is 2.60. The number of anilines is 1. The summed E-state index contributed by atoms with van der Waals surface area (Å²) in [5.41, 5.74) is -1.41. The highest BCUT2D eigenvalue weighted by Gasteiger charge is 2.32. The van der Waals surface area contributed by atoms with E-state index in [2.05, 4.69) is 5.32 Å². The number of carbonyl (C=O) groups is 3. The maximum Gasteiger partial charge on any atom is 0.350 e. The maximum absolute atomic E-state index is 14.1. The number of amides is 1. The Hall–Kier alpha value is -2.93. The van der Waals surface area contributed by atoms with Gasteiger partial charge in [0, 0.05) is 17.6 Å². The van der Waals surface area contributed by atoms with Crippen molar-refractivity contribution in [2.24, 2.45) is 0 Å². The molecule has 1 N–H and O–H groups in total. The number of esters is 1. The third-order valence-electron chi connectivity index (χ3n) is 3.60. The molecule has 0 saturated heterocycles. The summed E-state index contributed by atoms with van der Waals surface area (Å²) in [7, 11) is 0. The van der Waals surface area contributed by atoms with E-state index in [1.165, 1.54) is 32.9 Å². The van der Waals surface area contributed by atoms with Crippen molar-refractivity contribution in [1.29, 1.82) is 0 Å². The van der Waals surface area contributed by atoms with E-state index in [-0.39, 0.29) is 17.2 Å². The van der Waals surface area contributed by atoms with Gasteiger partial charge in [-0.2, -0.15) is 0 Å². The van der Waals surface area contributed by atoms with E-state index in [4.69, 9.17) is 21.1 Å². The second-order valence-corrected chi connectivity index (χ2v) is 6.88. The molecular formula is C20H19ClFNO5. The highest BCUT2D eigenvalue weighted by Crippen LogP contribution is 2.22.